The van der Waals surface area contributed by atoms with Crippen molar-refractivity contribution in [3.05, 3.63) is 47.6 Å². The Kier molecular flexibility index (Phi) is 14.2. The molecule has 0 spiro atoms. The van der Waals surface area contributed by atoms with Gasteiger partial charge in [-0.15, -0.1) is 0 Å². The molecule has 16 nitrogen and oxygen atoms in total. The van der Waals surface area contributed by atoms with Gasteiger partial charge in [-0.25, -0.2) is 19.6 Å². The summed E-state index contributed by atoms with van der Waals surface area (Å²) in [6.45, 7) is 10.1. The van der Waals surface area contributed by atoms with E-state index in [0.29, 0.717) is 44.6 Å². The lowest BCUT2D eigenvalue weighted by atomic mass is 10.0. The Bertz CT molecular complexity index is 1350. The summed E-state index contributed by atoms with van der Waals surface area (Å²) < 4.78 is 20.9. The Morgan fingerprint density at radius 1 is 0.800 bits per heavy atom. The van der Waals surface area contributed by atoms with Crippen molar-refractivity contribution in [2.24, 2.45) is 11.8 Å². The zero-order valence-corrected chi connectivity index (χ0v) is 29.9. The molecule has 2 saturated heterocycles. The highest BCUT2D eigenvalue weighted by atomic mass is 16.5. The fourth-order valence-corrected chi connectivity index (χ4v) is 6.26. The SMILES string of the molecule is COC(=O)N[C@H](C(=O)N1CCC[C@@H]1c1ncc(COC/C=C/COCc2ncc([C@@H]3CCCN3C(=O)[C@H](NC(=O)OC)C(C)C)[nH]2)[nH]1)C(C)C. The smallest absolute Gasteiger partial charge is 0.407 e. The van der Waals surface area contributed by atoms with Crippen molar-refractivity contribution in [1.82, 2.24) is 40.4 Å². The van der Waals surface area contributed by atoms with Crippen molar-refractivity contribution in [3.63, 3.8) is 0 Å². The van der Waals surface area contributed by atoms with E-state index < -0.39 is 24.3 Å². The summed E-state index contributed by atoms with van der Waals surface area (Å²) in [4.78, 5) is 69.4. The molecule has 2 aromatic rings. The predicted molar refractivity (Wildman–Crippen MR) is 181 cm³/mol. The second-order valence-electron chi connectivity index (χ2n) is 13.2. The summed E-state index contributed by atoms with van der Waals surface area (Å²) >= 11 is 0. The highest BCUT2D eigenvalue weighted by Gasteiger charge is 2.38. The summed E-state index contributed by atoms with van der Waals surface area (Å²) in [7, 11) is 2.56. The van der Waals surface area contributed by atoms with Crippen molar-refractivity contribution >= 4 is 24.0 Å². The Labute approximate surface area is 293 Å². The zero-order valence-electron chi connectivity index (χ0n) is 29.9. The third-order valence-electron chi connectivity index (χ3n) is 8.92. The molecule has 2 aliphatic rings. The van der Waals surface area contributed by atoms with Crippen LogP contribution in [0.15, 0.2) is 24.5 Å². The summed E-state index contributed by atoms with van der Waals surface area (Å²) in [6.07, 6.45) is 9.22. The maximum Gasteiger partial charge on any atom is 0.407 e. The summed E-state index contributed by atoms with van der Waals surface area (Å²) in [5.41, 5.74) is 1.64. The van der Waals surface area contributed by atoms with Gasteiger partial charge in [0.1, 0.15) is 30.3 Å². The minimum absolute atomic E-state index is 0.0974. The maximum absolute atomic E-state index is 13.3. The van der Waals surface area contributed by atoms with Gasteiger partial charge in [0.2, 0.25) is 11.8 Å². The van der Waals surface area contributed by atoms with Crippen LogP contribution in [-0.2, 0) is 41.8 Å². The minimum atomic E-state index is -0.685. The van der Waals surface area contributed by atoms with Crippen molar-refractivity contribution in [1.29, 1.82) is 0 Å². The lowest BCUT2D eigenvalue weighted by Gasteiger charge is -2.30. The third-order valence-corrected chi connectivity index (χ3v) is 8.92. The van der Waals surface area contributed by atoms with Crippen LogP contribution in [0.4, 0.5) is 9.59 Å². The Morgan fingerprint density at radius 2 is 1.34 bits per heavy atom. The normalized spacial score (nSPS) is 19.0. The van der Waals surface area contributed by atoms with E-state index in [1.54, 1.807) is 22.2 Å². The van der Waals surface area contributed by atoms with Gasteiger partial charge in [-0.2, -0.15) is 0 Å². The molecule has 0 saturated carbocycles. The summed E-state index contributed by atoms with van der Waals surface area (Å²) in [5, 5.41) is 5.33. The van der Waals surface area contributed by atoms with Gasteiger partial charge >= 0.3 is 12.2 Å². The van der Waals surface area contributed by atoms with Gasteiger partial charge in [0.05, 0.1) is 69.9 Å². The molecule has 2 aliphatic heterocycles. The fraction of sp³-hybridized carbons (Fsp3) is 0.647. The molecular formula is C34H52N8O8. The number of nitrogens with one attached hydrogen (secondary N) is 4. The molecule has 50 heavy (non-hydrogen) atoms. The largest absolute Gasteiger partial charge is 0.453 e. The monoisotopic (exact) mass is 700 g/mol. The lowest BCUT2D eigenvalue weighted by molar-refractivity contribution is -0.136. The van der Waals surface area contributed by atoms with Crippen LogP contribution >= 0.6 is 0 Å². The van der Waals surface area contributed by atoms with Crippen molar-refractivity contribution < 1.29 is 38.1 Å². The van der Waals surface area contributed by atoms with E-state index in [2.05, 4.69) is 30.6 Å². The molecule has 4 heterocycles. The molecule has 2 fully saturated rings. The number of amides is 4. The number of carbonyl (C=O) groups excluding carboxylic acids is 4. The van der Waals surface area contributed by atoms with E-state index in [0.717, 1.165) is 37.1 Å². The van der Waals surface area contributed by atoms with Crippen molar-refractivity contribution in [2.45, 2.75) is 90.8 Å². The molecule has 2 aromatic heterocycles. The van der Waals surface area contributed by atoms with Gasteiger partial charge in [-0.3, -0.25) is 9.59 Å². The number of carbonyl (C=O) groups is 4. The number of nitrogens with zero attached hydrogens (tertiary/aromatic N) is 4. The van der Waals surface area contributed by atoms with Crippen LogP contribution in [0.2, 0.25) is 0 Å². The Morgan fingerprint density at radius 3 is 1.90 bits per heavy atom. The van der Waals surface area contributed by atoms with Crippen LogP contribution in [0, 0.1) is 11.8 Å². The molecule has 276 valence electrons. The van der Waals surface area contributed by atoms with Gasteiger partial charge in [-0.1, -0.05) is 39.8 Å². The van der Waals surface area contributed by atoms with Gasteiger partial charge in [-0.05, 0) is 37.5 Å². The number of rotatable bonds is 16. The van der Waals surface area contributed by atoms with Gasteiger partial charge in [0, 0.05) is 13.1 Å². The number of alkyl carbamates (subject to hydrolysis) is 2. The van der Waals surface area contributed by atoms with Gasteiger partial charge < -0.3 is 49.3 Å². The maximum atomic E-state index is 13.3. The molecule has 0 aliphatic carbocycles. The van der Waals surface area contributed by atoms with E-state index in [9.17, 15) is 19.2 Å². The molecule has 4 amide bonds. The van der Waals surface area contributed by atoms with E-state index in [-0.39, 0.29) is 42.3 Å². The van der Waals surface area contributed by atoms with E-state index in [1.807, 2.05) is 39.8 Å². The molecule has 0 radical (unpaired) electrons. The highest BCUT2D eigenvalue weighted by Crippen LogP contribution is 2.33. The number of ether oxygens (including phenoxy) is 4. The standard InChI is InChI=1S/C34H52N8O8/c1-21(2)28(39-33(45)47-5)31(43)41-13-9-11-25(41)24-18-35-27(38-24)20-50-16-8-7-15-49-19-23-17-36-30(37-23)26-12-10-14-42(26)32(44)29(22(3)4)40-34(46)48-6/h7-8,17-18,21-22,25-26,28-29H,9-16,19-20H2,1-6H3,(H,35,38)(H,36,37)(H,39,45)(H,40,46)/b8-7+/t25-,26+,28+,29-/m0/s1. The molecule has 4 rings (SSSR count). The summed E-state index contributed by atoms with van der Waals surface area (Å²) in [5.74, 6) is 0.866. The number of hydrogen-bond donors (Lipinski definition) is 4. The molecule has 4 atom stereocenters. The molecule has 4 N–H and O–H groups in total. The first-order valence-electron chi connectivity index (χ1n) is 17.2. The Balaban J connectivity index is 1.18. The average molecular weight is 701 g/mol. The third kappa shape index (κ3) is 10.1. The molecule has 0 unspecified atom stereocenters. The van der Waals surface area contributed by atoms with E-state index in [4.69, 9.17) is 18.9 Å². The zero-order chi connectivity index (χ0) is 36.2. The lowest BCUT2D eigenvalue weighted by Crippen LogP contribution is -2.51. The van der Waals surface area contributed by atoms with E-state index >= 15 is 0 Å². The quantitative estimate of drug-likeness (QED) is 0.149. The van der Waals surface area contributed by atoms with E-state index in [1.165, 1.54) is 14.2 Å². The van der Waals surface area contributed by atoms with Crippen LogP contribution in [0.3, 0.4) is 0 Å². The first kappa shape index (κ1) is 38.4. The molecular weight excluding hydrogens is 648 g/mol. The molecule has 0 aromatic carbocycles. The van der Waals surface area contributed by atoms with Crippen LogP contribution in [0.1, 0.15) is 88.5 Å². The summed E-state index contributed by atoms with van der Waals surface area (Å²) in [6, 6.07) is -1.72. The number of aromatic nitrogens is 4. The fourth-order valence-electron chi connectivity index (χ4n) is 6.26. The number of hydrogen-bond acceptors (Lipinski definition) is 10. The van der Waals surface area contributed by atoms with Crippen molar-refractivity contribution in [2.75, 3.05) is 40.5 Å². The topological polar surface area (TPSA) is 193 Å². The molecule has 16 heteroatoms. The van der Waals surface area contributed by atoms with Gasteiger partial charge in [0.25, 0.3) is 0 Å². The van der Waals surface area contributed by atoms with Crippen LogP contribution < -0.4 is 10.6 Å². The number of aromatic amines is 2. The van der Waals surface area contributed by atoms with Crippen LogP contribution in [-0.4, -0.2) is 106 Å². The number of imidazole rings is 2. The second kappa shape index (κ2) is 18.5. The highest BCUT2D eigenvalue weighted by molar-refractivity contribution is 5.87. The van der Waals surface area contributed by atoms with Crippen molar-refractivity contribution in [3.8, 4) is 0 Å². The minimum Gasteiger partial charge on any atom is -0.453 e. The van der Waals surface area contributed by atoms with Gasteiger partial charge in [0.15, 0.2) is 0 Å². The Hall–Kier alpha value is -4.44. The molecule has 0 bridgehead atoms. The number of likely N-dealkylation sites (tertiary alicyclic amines) is 2. The van der Waals surface area contributed by atoms with Crippen LogP contribution in [0.5, 0.6) is 0 Å². The van der Waals surface area contributed by atoms with Crippen LogP contribution in [0.25, 0.3) is 0 Å². The predicted octanol–water partition coefficient (Wildman–Crippen LogP) is 3.51. The first-order valence-corrected chi connectivity index (χ1v) is 17.2. The number of H-pyrrole nitrogens is 2. The average Bonchev–Trinajstić information content (AvgIpc) is 3.93. The second-order valence-corrected chi connectivity index (χ2v) is 13.2. The number of methoxy groups -OCH3 is 2. The first-order chi connectivity index (χ1) is 24.0.